The number of hydrogen-bond donors (Lipinski definition) is 2. The van der Waals surface area contributed by atoms with Gasteiger partial charge in [-0.3, -0.25) is 0 Å². The van der Waals surface area contributed by atoms with E-state index in [1.54, 1.807) is 0 Å². The Hall–Kier alpha value is -1.09. The van der Waals surface area contributed by atoms with Crippen LogP contribution in [0.25, 0.3) is 0 Å². The first-order valence-corrected chi connectivity index (χ1v) is 7.38. The van der Waals surface area contributed by atoms with Gasteiger partial charge in [-0.25, -0.2) is 4.98 Å². The fourth-order valence-corrected chi connectivity index (χ4v) is 3.21. The largest absolute Gasteiger partial charge is 0.367 e. The fraction of sp³-hybridized carbons (Fsp3) is 0.667. The molecule has 1 saturated carbocycles. The van der Waals surface area contributed by atoms with E-state index in [0.29, 0.717) is 12.1 Å². The molecule has 1 atom stereocenters. The first-order chi connectivity index (χ1) is 8.93. The summed E-state index contributed by atoms with van der Waals surface area (Å²) in [5.41, 5.74) is 1.36. The number of hydrogen-bond acceptors (Lipinski definition) is 3. The van der Waals surface area contributed by atoms with E-state index in [-0.39, 0.29) is 0 Å². The fourth-order valence-electron chi connectivity index (χ4n) is 3.21. The summed E-state index contributed by atoms with van der Waals surface area (Å²) in [6, 6.07) is 5.42. The van der Waals surface area contributed by atoms with Crippen molar-refractivity contribution < 1.29 is 0 Å². The molecule has 0 bridgehead atoms. The van der Waals surface area contributed by atoms with E-state index in [4.69, 9.17) is 0 Å². The number of nitrogens with one attached hydrogen (secondary N) is 2. The van der Waals surface area contributed by atoms with Crippen LogP contribution in [0.5, 0.6) is 0 Å². The van der Waals surface area contributed by atoms with Crippen LogP contribution in [0.15, 0.2) is 18.3 Å². The van der Waals surface area contributed by atoms with Crippen LogP contribution >= 0.6 is 0 Å². The van der Waals surface area contributed by atoms with Crippen molar-refractivity contribution in [2.75, 3.05) is 11.9 Å². The van der Waals surface area contributed by atoms with Gasteiger partial charge in [0.1, 0.15) is 5.82 Å². The van der Waals surface area contributed by atoms with E-state index in [1.165, 1.54) is 50.5 Å². The molecule has 2 aliphatic rings. The Morgan fingerprint density at radius 3 is 2.78 bits per heavy atom. The van der Waals surface area contributed by atoms with Gasteiger partial charge in [0.2, 0.25) is 0 Å². The van der Waals surface area contributed by atoms with Gasteiger partial charge in [-0.2, -0.15) is 0 Å². The number of nitrogens with zero attached hydrogens (tertiary/aromatic N) is 1. The normalized spacial score (nSPS) is 25.2. The van der Waals surface area contributed by atoms with Crippen LogP contribution in [-0.4, -0.2) is 17.6 Å². The highest BCUT2D eigenvalue weighted by Gasteiger charge is 2.21. The van der Waals surface area contributed by atoms with Crippen LogP contribution in [0, 0.1) is 0 Å². The van der Waals surface area contributed by atoms with Crippen molar-refractivity contribution in [3.63, 3.8) is 0 Å². The second-order valence-electron chi connectivity index (χ2n) is 5.57. The molecule has 0 aromatic carbocycles. The SMILES string of the molecule is c1cnc(NC2CCCCC2)c([C@@H]2CCCN2)c1. The van der Waals surface area contributed by atoms with Crippen LogP contribution in [0.2, 0.25) is 0 Å². The Morgan fingerprint density at radius 1 is 1.11 bits per heavy atom. The zero-order chi connectivity index (χ0) is 12.2. The summed E-state index contributed by atoms with van der Waals surface area (Å²) in [5, 5.41) is 7.25. The maximum Gasteiger partial charge on any atom is 0.130 e. The number of aromatic nitrogens is 1. The summed E-state index contributed by atoms with van der Waals surface area (Å²) in [5.74, 6) is 1.11. The lowest BCUT2D eigenvalue weighted by Crippen LogP contribution is -2.25. The molecule has 98 valence electrons. The van der Waals surface area contributed by atoms with Crippen LogP contribution in [0.1, 0.15) is 56.6 Å². The monoisotopic (exact) mass is 245 g/mol. The molecule has 1 aliphatic heterocycles. The minimum atomic E-state index is 0.504. The number of rotatable bonds is 3. The van der Waals surface area contributed by atoms with E-state index < -0.39 is 0 Å². The second-order valence-corrected chi connectivity index (χ2v) is 5.57. The van der Waals surface area contributed by atoms with Gasteiger partial charge in [0, 0.05) is 23.8 Å². The molecule has 2 fully saturated rings. The average molecular weight is 245 g/mol. The molecule has 3 nitrogen and oxygen atoms in total. The summed E-state index contributed by atoms with van der Waals surface area (Å²) < 4.78 is 0. The summed E-state index contributed by atoms with van der Waals surface area (Å²) in [4.78, 5) is 4.57. The standard InChI is InChI=1S/C15H23N3/c1-2-6-12(7-3-1)18-15-13(8-4-11-17-15)14-9-5-10-16-14/h4,8,11-12,14,16H,1-3,5-7,9-10H2,(H,17,18)/t14-/m0/s1. The Balaban J connectivity index is 1.73. The lowest BCUT2D eigenvalue weighted by Gasteiger charge is -2.25. The Morgan fingerprint density at radius 2 is 2.00 bits per heavy atom. The van der Waals surface area contributed by atoms with Crippen LogP contribution in [0.4, 0.5) is 5.82 Å². The molecule has 1 aliphatic carbocycles. The van der Waals surface area contributed by atoms with Crippen molar-refractivity contribution in [1.82, 2.24) is 10.3 Å². The Kier molecular flexibility index (Phi) is 3.79. The second kappa shape index (κ2) is 5.70. The molecular weight excluding hydrogens is 222 g/mol. The quantitative estimate of drug-likeness (QED) is 0.858. The highest BCUT2D eigenvalue weighted by molar-refractivity contribution is 5.46. The van der Waals surface area contributed by atoms with Gasteiger partial charge in [-0.15, -0.1) is 0 Å². The first-order valence-electron chi connectivity index (χ1n) is 7.38. The maximum atomic E-state index is 4.57. The molecule has 1 saturated heterocycles. The Labute approximate surface area is 109 Å². The predicted octanol–water partition coefficient (Wildman–Crippen LogP) is 3.25. The molecule has 0 spiro atoms. The van der Waals surface area contributed by atoms with Gasteiger partial charge in [-0.1, -0.05) is 25.3 Å². The molecule has 1 aromatic heterocycles. The summed E-state index contributed by atoms with van der Waals surface area (Å²) in [7, 11) is 0. The minimum Gasteiger partial charge on any atom is -0.367 e. The van der Waals surface area contributed by atoms with Crippen molar-refractivity contribution in [1.29, 1.82) is 0 Å². The van der Waals surface area contributed by atoms with Crippen LogP contribution in [-0.2, 0) is 0 Å². The summed E-state index contributed by atoms with van der Waals surface area (Å²) in [6.45, 7) is 1.14. The van der Waals surface area contributed by atoms with E-state index >= 15 is 0 Å². The van der Waals surface area contributed by atoms with Crippen LogP contribution in [0.3, 0.4) is 0 Å². The highest BCUT2D eigenvalue weighted by Crippen LogP contribution is 2.29. The maximum absolute atomic E-state index is 4.57. The average Bonchev–Trinajstić information content (AvgIpc) is 2.94. The zero-order valence-electron chi connectivity index (χ0n) is 11.0. The van der Waals surface area contributed by atoms with Gasteiger partial charge >= 0.3 is 0 Å². The predicted molar refractivity (Wildman–Crippen MR) is 74.7 cm³/mol. The van der Waals surface area contributed by atoms with E-state index in [0.717, 1.165) is 12.4 Å². The topological polar surface area (TPSA) is 37.0 Å². The molecule has 2 N–H and O–H groups in total. The van der Waals surface area contributed by atoms with E-state index in [9.17, 15) is 0 Å². The molecular formula is C15H23N3. The van der Waals surface area contributed by atoms with Crippen molar-refractivity contribution >= 4 is 5.82 Å². The zero-order valence-corrected chi connectivity index (χ0v) is 11.0. The van der Waals surface area contributed by atoms with Gasteiger partial charge in [0.05, 0.1) is 0 Å². The van der Waals surface area contributed by atoms with Crippen molar-refractivity contribution in [3.8, 4) is 0 Å². The first kappa shape index (κ1) is 12.0. The van der Waals surface area contributed by atoms with Crippen molar-refractivity contribution in [3.05, 3.63) is 23.9 Å². The number of anilines is 1. The van der Waals surface area contributed by atoms with E-state index in [1.807, 2.05) is 6.20 Å². The van der Waals surface area contributed by atoms with Crippen LogP contribution < -0.4 is 10.6 Å². The summed E-state index contributed by atoms with van der Waals surface area (Å²) in [6.07, 6.45) is 11.2. The molecule has 3 heteroatoms. The van der Waals surface area contributed by atoms with E-state index in [2.05, 4.69) is 27.8 Å². The van der Waals surface area contributed by atoms with Gasteiger partial charge in [-0.05, 0) is 38.3 Å². The third kappa shape index (κ3) is 2.66. The molecule has 0 unspecified atom stereocenters. The van der Waals surface area contributed by atoms with Gasteiger partial charge in [0.25, 0.3) is 0 Å². The van der Waals surface area contributed by atoms with Crippen molar-refractivity contribution in [2.45, 2.75) is 57.0 Å². The van der Waals surface area contributed by atoms with Gasteiger partial charge in [0.15, 0.2) is 0 Å². The molecule has 18 heavy (non-hydrogen) atoms. The summed E-state index contributed by atoms with van der Waals surface area (Å²) >= 11 is 0. The third-order valence-corrected chi connectivity index (χ3v) is 4.22. The lowest BCUT2D eigenvalue weighted by atomic mass is 9.95. The molecule has 1 aromatic rings. The smallest absolute Gasteiger partial charge is 0.130 e. The molecule has 3 rings (SSSR count). The Bertz CT molecular complexity index is 379. The number of pyridine rings is 1. The molecule has 2 heterocycles. The lowest BCUT2D eigenvalue weighted by molar-refractivity contribution is 0.461. The minimum absolute atomic E-state index is 0.504. The van der Waals surface area contributed by atoms with Crippen molar-refractivity contribution in [2.24, 2.45) is 0 Å². The third-order valence-electron chi connectivity index (χ3n) is 4.22. The molecule has 0 amide bonds. The highest BCUT2D eigenvalue weighted by atomic mass is 15.0. The van der Waals surface area contributed by atoms with Gasteiger partial charge < -0.3 is 10.6 Å². The molecule has 0 radical (unpaired) electrons.